The Morgan fingerprint density at radius 3 is 2.52 bits per heavy atom. The van der Waals surface area contributed by atoms with Crippen molar-refractivity contribution in [2.24, 2.45) is 0 Å². The smallest absolute Gasteiger partial charge is 0.223 e. The number of aromatic nitrogens is 2. The summed E-state index contributed by atoms with van der Waals surface area (Å²) in [6.45, 7) is 3.79. The highest BCUT2D eigenvalue weighted by Crippen LogP contribution is 2.20. The molecule has 0 atom stereocenters. The number of nitrogen functional groups attached to an aromatic ring is 1. The second-order valence-corrected chi connectivity index (χ2v) is 4.70. The highest BCUT2D eigenvalue weighted by Gasteiger charge is 2.13. The highest BCUT2D eigenvalue weighted by atomic mass is 35.5. The molecule has 7 heteroatoms. The van der Waals surface area contributed by atoms with Gasteiger partial charge in [0.15, 0.2) is 0 Å². The number of nitrogens with one attached hydrogen (secondary N) is 2. The first-order chi connectivity index (χ1) is 9.81. The van der Waals surface area contributed by atoms with Crippen molar-refractivity contribution in [2.75, 3.05) is 42.1 Å². The van der Waals surface area contributed by atoms with Crippen LogP contribution in [-0.4, -0.2) is 36.1 Å². The summed E-state index contributed by atoms with van der Waals surface area (Å²) >= 11 is 0. The zero-order chi connectivity index (χ0) is 13.8. The first-order valence-corrected chi connectivity index (χ1v) is 6.73. The summed E-state index contributed by atoms with van der Waals surface area (Å²) in [7, 11) is 0. The first-order valence-electron chi connectivity index (χ1n) is 6.73. The average molecular weight is 307 g/mol. The minimum Gasteiger partial charge on any atom is -0.368 e. The quantitative estimate of drug-likeness (QED) is 0.800. The average Bonchev–Trinajstić information content (AvgIpc) is 2.49. The van der Waals surface area contributed by atoms with E-state index in [4.69, 9.17) is 5.73 Å². The lowest BCUT2D eigenvalue weighted by atomic mass is 10.3. The molecule has 1 aromatic carbocycles. The Bertz CT molecular complexity index is 571. The molecule has 1 saturated heterocycles. The Labute approximate surface area is 130 Å². The van der Waals surface area contributed by atoms with E-state index < -0.39 is 0 Å². The van der Waals surface area contributed by atoms with Gasteiger partial charge in [0.1, 0.15) is 11.6 Å². The zero-order valence-electron chi connectivity index (χ0n) is 11.6. The van der Waals surface area contributed by atoms with Gasteiger partial charge in [-0.2, -0.15) is 9.97 Å². The molecular formula is C14H19ClN6. The molecule has 2 aromatic rings. The minimum absolute atomic E-state index is 0. The summed E-state index contributed by atoms with van der Waals surface area (Å²) in [6.07, 6.45) is 0. The Morgan fingerprint density at radius 1 is 1.10 bits per heavy atom. The number of nitrogens with zero attached hydrogens (tertiary/aromatic N) is 3. The Balaban J connectivity index is 0.00000161. The molecule has 0 aliphatic carbocycles. The summed E-state index contributed by atoms with van der Waals surface area (Å²) in [5.74, 6) is 1.88. The molecule has 0 unspecified atom stereocenters. The van der Waals surface area contributed by atoms with Crippen LogP contribution in [0.3, 0.4) is 0 Å². The van der Waals surface area contributed by atoms with Gasteiger partial charge in [-0.25, -0.2) is 0 Å². The first kappa shape index (κ1) is 15.3. The molecule has 112 valence electrons. The van der Waals surface area contributed by atoms with E-state index in [1.54, 1.807) is 0 Å². The Morgan fingerprint density at radius 2 is 1.81 bits per heavy atom. The summed E-state index contributed by atoms with van der Waals surface area (Å²) in [4.78, 5) is 10.8. The number of hydrogen-bond acceptors (Lipinski definition) is 6. The second-order valence-electron chi connectivity index (χ2n) is 4.70. The molecule has 1 aromatic heterocycles. The number of hydrogen-bond donors (Lipinski definition) is 3. The van der Waals surface area contributed by atoms with Crippen LogP contribution in [0.15, 0.2) is 36.4 Å². The molecule has 1 fully saturated rings. The van der Waals surface area contributed by atoms with Gasteiger partial charge in [-0.15, -0.1) is 12.4 Å². The molecule has 0 amide bonds. The molecule has 6 nitrogen and oxygen atoms in total. The van der Waals surface area contributed by atoms with Crippen molar-refractivity contribution in [3.63, 3.8) is 0 Å². The number of para-hydroxylation sites is 1. The standard InChI is InChI=1S/C14H18N6.ClH/c15-14-18-12(17-11-4-2-1-3-5-11)10-13(19-14)20-8-6-16-7-9-20;/h1-5,10,16H,6-9H2,(H3,15,17,18,19);1H. The van der Waals surface area contributed by atoms with E-state index in [1.807, 2.05) is 36.4 Å². The number of halogens is 1. The molecule has 1 aliphatic rings. The fourth-order valence-corrected chi connectivity index (χ4v) is 2.24. The van der Waals surface area contributed by atoms with Gasteiger partial charge < -0.3 is 21.3 Å². The van der Waals surface area contributed by atoms with Gasteiger partial charge >= 0.3 is 0 Å². The van der Waals surface area contributed by atoms with Crippen molar-refractivity contribution < 1.29 is 0 Å². The lowest BCUT2D eigenvalue weighted by Crippen LogP contribution is -2.44. The second kappa shape index (κ2) is 7.10. The van der Waals surface area contributed by atoms with E-state index in [-0.39, 0.29) is 12.4 Å². The third kappa shape index (κ3) is 3.96. The summed E-state index contributed by atoms with van der Waals surface area (Å²) in [6, 6.07) is 11.8. The van der Waals surface area contributed by atoms with Crippen LogP contribution in [0.5, 0.6) is 0 Å². The summed E-state index contributed by atoms with van der Waals surface area (Å²) in [5.41, 5.74) is 6.80. The number of benzene rings is 1. The largest absolute Gasteiger partial charge is 0.368 e. The molecule has 3 rings (SSSR count). The van der Waals surface area contributed by atoms with Crippen LogP contribution in [-0.2, 0) is 0 Å². The van der Waals surface area contributed by atoms with Crippen molar-refractivity contribution in [3.05, 3.63) is 36.4 Å². The predicted octanol–water partition coefficient (Wildman–Crippen LogP) is 1.63. The molecule has 0 saturated carbocycles. The van der Waals surface area contributed by atoms with Gasteiger partial charge in [0.2, 0.25) is 5.95 Å². The van der Waals surface area contributed by atoms with E-state index in [2.05, 4.69) is 25.5 Å². The van der Waals surface area contributed by atoms with Gasteiger partial charge in [0, 0.05) is 37.9 Å². The monoisotopic (exact) mass is 306 g/mol. The number of piperazine rings is 1. The SMILES string of the molecule is Cl.Nc1nc(Nc2ccccc2)cc(N2CCNCC2)n1. The normalized spacial score (nSPS) is 14.4. The van der Waals surface area contributed by atoms with Gasteiger partial charge in [-0.05, 0) is 12.1 Å². The van der Waals surface area contributed by atoms with Gasteiger partial charge in [0.25, 0.3) is 0 Å². The van der Waals surface area contributed by atoms with Gasteiger partial charge in [0.05, 0.1) is 0 Å². The van der Waals surface area contributed by atoms with Gasteiger partial charge in [-0.1, -0.05) is 18.2 Å². The predicted molar refractivity (Wildman–Crippen MR) is 88.5 cm³/mol. The fraction of sp³-hybridized carbons (Fsp3) is 0.286. The molecule has 1 aliphatic heterocycles. The summed E-state index contributed by atoms with van der Waals surface area (Å²) < 4.78 is 0. The molecule has 4 N–H and O–H groups in total. The van der Waals surface area contributed by atoms with E-state index in [9.17, 15) is 0 Å². The van der Waals surface area contributed by atoms with Crippen LogP contribution in [0.1, 0.15) is 0 Å². The van der Waals surface area contributed by atoms with Crippen molar-refractivity contribution in [2.45, 2.75) is 0 Å². The van der Waals surface area contributed by atoms with Crippen LogP contribution in [0.2, 0.25) is 0 Å². The van der Waals surface area contributed by atoms with E-state index >= 15 is 0 Å². The minimum atomic E-state index is 0. The Kier molecular flexibility index (Phi) is 5.19. The highest BCUT2D eigenvalue weighted by molar-refractivity contribution is 5.85. The van der Waals surface area contributed by atoms with E-state index in [0.717, 1.165) is 43.5 Å². The Hall–Kier alpha value is -2.05. The van der Waals surface area contributed by atoms with Crippen molar-refractivity contribution in [3.8, 4) is 0 Å². The van der Waals surface area contributed by atoms with Crippen molar-refractivity contribution >= 4 is 35.7 Å². The van der Waals surface area contributed by atoms with E-state index in [1.165, 1.54) is 0 Å². The van der Waals surface area contributed by atoms with Crippen molar-refractivity contribution in [1.82, 2.24) is 15.3 Å². The number of nitrogens with two attached hydrogens (primary N) is 1. The van der Waals surface area contributed by atoms with Crippen molar-refractivity contribution in [1.29, 1.82) is 0 Å². The molecule has 2 heterocycles. The topological polar surface area (TPSA) is 79.1 Å². The molecule has 0 spiro atoms. The van der Waals surface area contributed by atoms with Gasteiger partial charge in [-0.3, -0.25) is 0 Å². The van der Waals surface area contributed by atoms with Crippen LogP contribution in [0, 0.1) is 0 Å². The maximum absolute atomic E-state index is 5.82. The lowest BCUT2D eigenvalue weighted by molar-refractivity contribution is 0.585. The molecule has 0 bridgehead atoms. The van der Waals surface area contributed by atoms with Crippen LogP contribution >= 0.6 is 12.4 Å². The fourth-order valence-electron chi connectivity index (χ4n) is 2.24. The van der Waals surface area contributed by atoms with Crippen LogP contribution < -0.4 is 21.3 Å². The maximum atomic E-state index is 5.82. The molecule has 0 radical (unpaired) electrons. The van der Waals surface area contributed by atoms with Crippen LogP contribution in [0.4, 0.5) is 23.3 Å². The number of rotatable bonds is 3. The van der Waals surface area contributed by atoms with Crippen LogP contribution in [0.25, 0.3) is 0 Å². The number of anilines is 4. The third-order valence-electron chi connectivity index (χ3n) is 3.22. The lowest BCUT2D eigenvalue weighted by Gasteiger charge is -2.28. The zero-order valence-corrected chi connectivity index (χ0v) is 12.4. The molecular weight excluding hydrogens is 288 g/mol. The van der Waals surface area contributed by atoms with E-state index in [0.29, 0.717) is 5.95 Å². The molecule has 21 heavy (non-hydrogen) atoms. The third-order valence-corrected chi connectivity index (χ3v) is 3.22. The maximum Gasteiger partial charge on any atom is 0.223 e. The summed E-state index contributed by atoms with van der Waals surface area (Å²) in [5, 5.41) is 6.57.